The number of hydrogen-bond donors (Lipinski definition) is 0. The maximum atomic E-state index is 11.8. The highest BCUT2D eigenvalue weighted by Crippen LogP contribution is 2.37. The maximum Gasteiger partial charge on any atom is 0.288 e. The van der Waals surface area contributed by atoms with E-state index >= 15 is 0 Å². The Hall–Kier alpha value is -2.73. The van der Waals surface area contributed by atoms with E-state index in [4.69, 9.17) is 10.5 Å². The van der Waals surface area contributed by atoms with Crippen LogP contribution in [0.1, 0.15) is 11.1 Å². The lowest BCUT2D eigenvalue weighted by Crippen LogP contribution is -1.80. The van der Waals surface area contributed by atoms with Gasteiger partial charge in [-0.05, 0) is 35.4 Å². The zero-order chi connectivity index (χ0) is 15.5. The smallest absolute Gasteiger partial charge is 0.265 e. The fourth-order valence-electron chi connectivity index (χ4n) is 2.05. The Balaban J connectivity index is 2.11. The minimum absolute atomic E-state index is 0.0266. The lowest BCUT2D eigenvalue weighted by Gasteiger charge is -2.03. The molecule has 5 heteroatoms. The SMILES string of the molecule is N#Cc1ccc(-c2sc(=O)sc2-c2ccc(C#N)cc2)cc1. The summed E-state index contributed by atoms with van der Waals surface area (Å²) in [6.07, 6.45) is 0. The molecule has 0 amide bonds. The molecule has 3 rings (SSSR count). The van der Waals surface area contributed by atoms with Crippen LogP contribution in [0, 0.1) is 22.7 Å². The highest BCUT2D eigenvalue weighted by molar-refractivity contribution is 7.32. The van der Waals surface area contributed by atoms with Crippen molar-refractivity contribution in [1.82, 2.24) is 0 Å². The molecule has 1 heterocycles. The first-order valence-corrected chi connectivity index (χ1v) is 7.99. The van der Waals surface area contributed by atoms with E-state index < -0.39 is 0 Å². The van der Waals surface area contributed by atoms with E-state index in [0.29, 0.717) is 11.1 Å². The van der Waals surface area contributed by atoms with E-state index in [2.05, 4.69) is 12.1 Å². The fraction of sp³-hybridized carbons (Fsp3) is 0. The summed E-state index contributed by atoms with van der Waals surface area (Å²) < 4.78 is 0.0266. The summed E-state index contributed by atoms with van der Waals surface area (Å²) in [5.41, 5.74) is 3.01. The third-order valence-corrected chi connectivity index (χ3v) is 5.38. The van der Waals surface area contributed by atoms with Gasteiger partial charge in [0.1, 0.15) is 0 Å². The highest BCUT2D eigenvalue weighted by Gasteiger charge is 2.13. The minimum Gasteiger partial charge on any atom is -0.265 e. The highest BCUT2D eigenvalue weighted by atomic mass is 32.2. The summed E-state index contributed by atoms with van der Waals surface area (Å²) in [4.78, 5) is 13.6. The first kappa shape index (κ1) is 14.2. The molecule has 2 aromatic carbocycles. The van der Waals surface area contributed by atoms with Crippen molar-refractivity contribution in [1.29, 1.82) is 10.5 Å². The average molecular weight is 320 g/mol. The van der Waals surface area contributed by atoms with Crippen LogP contribution in [0.4, 0.5) is 0 Å². The van der Waals surface area contributed by atoms with Gasteiger partial charge in [-0.2, -0.15) is 10.5 Å². The van der Waals surface area contributed by atoms with Crippen LogP contribution in [-0.4, -0.2) is 0 Å². The maximum absolute atomic E-state index is 11.8. The monoisotopic (exact) mass is 320 g/mol. The van der Waals surface area contributed by atoms with Gasteiger partial charge in [0.2, 0.25) is 0 Å². The molecule has 0 spiro atoms. The van der Waals surface area contributed by atoms with E-state index in [0.717, 1.165) is 20.9 Å². The van der Waals surface area contributed by atoms with Crippen LogP contribution in [0.5, 0.6) is 0 Å². The quantitative estimate of drug-likeness (QED) is 0.709. The molecule has 0 unspecified atom stereocenters. The average Bonchev–Trinajstić information content (AvgIpc) is 2.97. The molecule has 0 aliphatic heterocycles. The van der Waals surface area contributed by atoms with Crippen LogP contribution in [-0.2, 0) is 0 Å². The molecule has 0 saturated carbocycles. The van der Waals surface area contributed by atoms with Crippen molar-refractivity contribution in [2.24, 2.45) is 0 Å². The molecule has 0 N–H and O–H groups in total. The van der Waals surface area contributed by atoms with E-state index in [1.54, 1.807) is 24.3 Å². The Morgan fingerprint density at radius 2 is 1.05 bits per heavy atom. The lowest BCUT2D eigenvalue weighted by atomic mass is 10.1. The summed E-state index contributed by atoms with van der Waals surface area (Å²) in [6, 6.07) is 18.5. The molecule has 0 atom stereocenters. The fourth-order valence-corrected chi connectivity index (χ4v) is 4.23. The molecule has 22 heavy (non-hydrogen) atoms. The van der Waals surface area contributed by atoms with E-state index in [1.807, 2.05) is 24.3 Å². The van der Waals surface area contributed by atoms with Gasteiger partial charge in [0.15, 0.2) is 0 Å². The van der Waals surface area contributed by atoms with Gasteiger partial charge in [0, 0.05) is 0 Å². The van der Waals surface area contributed by atoms with Crippen LogP contribution in [0.15, 0.2) is 53.3 Å². The van der Waals surface area contributed by atoms with Crippen LogP contribution in [0.25, 0.3) is 20.9 Å². The summed E-state index contributed by atoms with van der Waals surface area (Å²) in [5.74, 6) is 0. The van der Waals surface area contributed by atoms with Gasteiger partial charge in [-0.15, -0.1) is 0 Å². The standard InChI is InChI=1S/C17H8N2OS2/c18-9-11-1-5-13(6-2-11)15-16(22-17(20)21-15)14-7-3-12(10-19)4-8-14/h1-8H. The van der Waals surface area contributed by atoms with Crippen molar-refractivity contribution >= 4 is 22.7 Å². The Morgan fingerprint density at radius 3 is 1.36 bits per heavy atom. The Kier molecular flexibility index (Phi) is 3.84. The number of nitrogens with zero attached hydrogens (tertiary/aromatic N) is 2. The predicted octanol–water partition coefficient (Wildman–Crippen LogP) is 4.25. The zero-order valence-electron chi connectivity index (χ0n) is 11.2. The minimum atomic E-state index is 0.0266. The Morgan fingerprint density at radius 1 is 0.682 bits per heavy atom. The molecule has 0 fully saturated rings. The second-order valence-corrected chi connectivity index (χ2v) is 6.72. The Bertz CT molecular complexity index is 874. The first-order valence-electron chi connectivity index (χ1n) is 6.36. The van der Waals surface area contributed by atoms with Gasteiger partial charge >= 0.3 is 0 Å². The van der Waals surface area contributed by atoms with Gasteiger partial charge in [0.05, 0.1) is 33.0 Å². The summed E-state index contributed by atoms with van der Waals surface area (Å²) in [6.45, 7) is 0. The van der Waals surface area contributed by atoms with Crippen molar-refractivity contribution in [2.45, 2.75) is 0 Å². The number of hydrogen-bond acceptors (Lipinski definition) is 5. The van der Waals surface area contributed by atoms with Crippen LogP contribution in [0.2, 0.25) is 0 Å². The van der Waals surface area contributed by atoms with Crippen molar-refractivity contribution in [3.05, 3.63) is 68.5 Å². The largest absolute Gasteiger partial charge is 0.288 e. The van der Waals surface area contributed by atoms with Crippen LogP contribution >= 0.6 is 22.7 Å². The summed E-state index contributed by atoms with van der Waals surface area (Å²) in [7, 11) is 0. The number of nitriles is 2. The number of rotatable bonds is 2. The third kappa shape index (κ3) is 2.68. The molecular formula is C17H8N2OS2. The molecule has 0 saturated heterocycles. The molecule has 0 radical (unpaired) electrons. The molecule has 3 aromatic rings. The van der Waals surface area contributed by atoms with Crippen molar-refractivity contribution in [3.8, 4) is 33.0 Å². The van der Waals surface area contributed by atoms with Crippen LogP contribution in [0.3, 0.4) is 0 Å². The second kappa shape index (κ2) is 5.95. The van der Waals surface area contributed by atoms with Crippen molar-refractivity contribution in [3.63, 3.8) is 0 Å². The molecule has 0 aliphatic carbocycles. The van der Waals surface area contributed by atoms with E-state index in [9.17, 15) is 4.79 Å². The second-order valence-electron chi connectivity index (χ2n) is 4.49. The topological polar surface area (TPSA) is 64.7 Å². The van der Waals surface area contributed by atoms with Gasteiger partial charge < -0.3 is 0 Å². The molecule has 104 valence electrons. The van der Waals surface area contributed by atoms with E-state index in [1.165, 1.54) is 22.7 Å². The lowest BCUT2D eigenvalue weighted by molar-refractivity contribution is 1.48. The van der Waals surface area contributed by atoms with Crippen molar-refractivity contribution in [2.75, 3.05) is 0 Å². The summed E-state index contributed by atoms with van der Waals surface area (Å²) in [5, 5.41) is 17.7. The first-order chi connectivity index (χ1) is 10.7. The molecule has 1 aromatic heterocycles. The predicted molar refractivity (Wildman–Crippen MR) is 88.8 cm³/mol. The van der Waals surface area contributed by atoms with Crippen molar-refractivity contribution < 1.29 is 0 Å². The van der Waals surface area contributed by atoms with Crippen LogP contribution < -0.4 is 4.06 Å². The molecule has 0 aliphatic rings. The molecular weight excluding hydrogens is 312 g/mol. The van der Waals surface area contributed by atoms with Gasteiger partial charge in [-0.25, -0.2) is 0 Å². The Labute approximate surface area is 135 Å². The normalized spacial score (nSPS) is 9.91. The van der Waals surface area contributed by atoms with Gasteiger partial charge in [-0.1, -0.05) is 46.9 Å². The van der Waals surface area contributed by atoms with Gasteiger partial charge in [0.25, 0.3) is 4.06 Å². The molecule has 3 nitrogen and oxygen atoms in total. The summed E-state index contributed by atoms with van der Waals surface area (Å²) >= 11 is 2.40. The zero-order valence-corrected chi connectivity index (χ0v) is 12.9. The van der Waals surface area contributed by atoms with Gasteiger partial charge in [-0.3, -0.25) is 4.79 Å². The third-order valence-electron chi connectivity index (χ3n) is 3.13. The number of benzene rings is 2. The van der Waals surface area contributed by atoms with E-state index in [-0.39, 0.29) is 4.06 Å². The molecule has 0 bridgehead atoms.